The number of nitrogens with one attached hydrogen (secondary N) is 1. The van der Waals surface area contributed by atoms with Crippen molar-refractivity contribution in [3.05, 3.63) is 29.3 Å². The van der Waals surface area contributed by atoms with E-state index in [9.17, 15) is 4.79 Å². The van der Waals surface area contributed by atoms with Crippen molar-refractivity contribution in [3.8, 4) is 5.75 Å². The van der Waals surface area contributed by atoms with E-state index in [4.69, 9.17) is 4.74 Å². The first-order chi connectivity index (χ1) is 12.6. The smallest absolute Gasteiger partial charge is 0.260 e. The molecule has 0 radical (unpaired) electrons. The number of nitrogens with zero attached hydrogens (tertiary/aromatic N) is 1. The largest absolute Gasteiger partial charge is 0.481 e. The van der Waals surface area contributed by atoms with Crippen LogP contribution in [-0.4, -0.2) is 43.1 Å². The fourth-order valence-corrected chi connectivity index (χ4v) is 4.25. The molecule has 0 bridgehead atoms. The van der Waals surface area contributed by atoms with Crippen molar-refractivity contribution in [2.45, 2.75) is 64.9 Å². The highest BCUT2D eigenvalue weighted by Crippen LogP contribution is 2.30. The average molecular weight is 359 g/mol. The highest BCUT2D eigenvalue weighted by Gasteiger charge is 2.19. The predicted molar refractivity (Wildman–Crippen MR) is 106 cm³/mol. The number of hydrogen-bond acceptors (Lipinski definition) is 3. The van der Waals surface area contributed by atoms with E-state index >= 15 is 0 Å². The number of carbonyl (C=O) groups excluding carboxylic acids is 1. The highest BCUT2D eigenvalue weighted by molar-refractivity contribution is 5.80. The van der Waals surface area contributed by atoms with Gasteiger partial charge < -0.3 is 15.0 Å². The lowest BCUT2D eigenvalue weighted by Gasteiger charge is -2.30. The molecule has 1 aromatic carbocycles. The van der Waals surface area contributed by atoms with Gasteiger partial charge in [0, 0.05) is 13.1 Å². The first-order valence-electron chi connectivity index (χ1n) is 10.4. The molecule has 2 atom stereocenters. The lowest BCUT2D eigenvalue weighted by molar-refractivity contribution is -0.127. The van der Waals surface area contributed by atoms with E-state index in [1.165, 1.54) is 49.9 Å². The van der Waals surface area contributed by atoms with Gasteiger partial charge in [-0.2, -0.15) is 0 Å². The van der Waals surface area contributed by atoms with Crippen molar-refractivity contribution in [2.75, 3.05) is 26.2 Å². The molecule has 144 valence electrons. The second-order valence-corrected chi connectivity index (χ2v) is 8.05. The Hall–Kier alpha value is -1.55. The molecule has 1 fully saturated rings. The Morgan fingerprint density at radius 3 is 3.00 bits per heavy atom. The minimum atomic E-state index is -0.446. The zero-order chi connectivity index (χ0) is 18.4. The van der Waals surface area contributed by atoms with Gasteiger partial charge in [-0.05, 0) is 88.1 Å². The van der Waals surface area contributed by atoms with Crippen LogP contribution in [0.25, 0.3) is 0 Å². The third-order valence-electron chi connectivity index (χ3n) is 5.72. The number of amides is 1. The summed E-state index contributed by atoms with van der Waals surface area (Å²) in [5.74, 6) is 1.70. The van der Waals surface area contributed by atoms with E-state index < -0.39 is 6.10 Å². The second kappa shape index (κ2) is 9.40. The quantitative estimate of drug-likeness (QED) is 0.758. The van der Waals surface area contributed by atoms with Gasteiger partial charge in [-0.15, -0.1) is 0 Å². The maximum Gasteiger partial charge on any atom is 0.260 e. The van der Waals surface area contributed by atoms with Crippen molar-refractivity contribution in [2.24, 2.45) is 5.92 Å². The van der Waals surface area contributed by atoms with Crippen molar-refractivity contribution < 1.29 is 9.53 Å². The molecule has 0 aromatic heterocycles. The Balaban J connectivity index is 1.41. The third kappa shape index (κ3) is 5.23. The Morgan fingerprint density at radius 1 is 1.31 bits per heavy atom. The molecule has 3 rings (SSSR count). The zero-order valence-electron chi connectivity index (χ0n) is 16.4. The maximum absolute atomic E-state index is 12.4. The maximum atomic E-state index is 12.4. The summed E-state index contributed by atoms with van der Waals surface area (Å²) in [4.78, 5) is 14.9. The van der Waals surface area contributed by atoms with Gasteiger partial charge in [-0.3, -0.25) is 4.79 Å². The molecule has 26 heavy (non-hydrogen) atoms. The molecule has 1 N–H and O–H groups in total. The van der Waals surface area contributed by atoms with Crippen LogP contribution in [0.3, 0.4) is 0 Å². The summed E-state index contributed by atoms with van der Waals surface area (Å²) in [5, 5.41) is 3.04. The summed E-state index contributed by atoms with van der Waals surface area (Å²) >= 11 is 0. The molecular formula is C22H34N2O2. The van der Waals surface area contributed by atoms with Crippen molar-refractivity contribution in [1.82, 2.24) is 10.2 Å². The Kier molecular flexibility index (Phi) is 6.95. The molecule has 1 aliphatic carbocycles. The second-order valence-electron chi connectivity index (χ2n) is 8.05. The minimum absolute atomic E-state index is 0.00887. The molecule has 0 spiro atoms. The summed E-state index contributed by atoms with van der Waals surface area (Å²) in [5.41, 5.74) is 2.69. The Morgan fingerprint density at radius 2 is 2.15 bits per heavy atom. The number of carbonyl (C=O) groups is 1. The fraction of sp³-hybridized carbons (Fsp3) is 0.682. The monoisotopic (exact) mass is 358 g/mol. The van der Waals surface area contributed by atoms with Crippen LogP contribution in [0, 0.1) is 5.92 Å². The number of hydrogen-bond donors (Lipinski definition) is 1. The first kappa shape index (κ1) is 19.2. The SMILES string of the molecule is C[C@H]1CCCN(CCCNC(=O)[C@@H](C)Oc2cccc3c2CCCC3)C1. The lowest BCUT2D eigenvalue weighted by atomic mass is 9.91. The molecule has 4 nitrogen and oxygen atoms in total. The third-order valence-corrected chi connectivity index (χ3v) is 5.72. The molecule has 2 aliphatic rings. The number of benzene rings is 1. The lowest BCUT2D eigenvalue weighted by Crippen LogP contribution is -2.39. The van der Waals surface area contributed by atoms with Gasteiger partial charge in [-0.1, -0.05) is 19.1 Å². The Bertz CT molecular complexity index is 602. The molecular weight excluding hydrogens is 324 g/mol. The van der Waals surface area contributed by atoms with Gasteiger partial charge in [0.05, 0.1) is 0 Å². The number of aryl methyl sites for hydroxylation is 1. The molecule has 1 aliphatic heterocycles. The molecule has 0 unspecified atom stereocenters. The van der Waals surface area contributed by atoms with Crippen LogP contribution >= 0.6 is 0 Å². The standard InChI is InChI=1S/C22H34N2O2/c1-17-8-6-14-24(16-17)15-7-13-23-22(25)18(2)26-21-12-5-10-19-9-3-4-11-20(19)21/h5,10,12,17-18H,3-4,6-9,11,13-16H2,1-2H3,(H,23,25)/t17-,18+/m0/s1. The molecule has 1 aromatic rings. The van der Waals surface area contributed by atoms with E-state index in [0.717, 1.165) is 44.0 Å². The van der Waals surface area contributed by atoms with Gasteiger partial charge in [0.25, 0.3) is 5.91 Å². The first-order valence-corrected chi connectivity index (χ1v) is 10.4. The van der Waals surface area contributed by atoms with Crippen molar-refractivity contribution >= 4 is 5.91 Å². The predicted octanol–water partition coefficient (Wildman–Crippen LogP) is 3.57. The normalized spacial score (nSPS) is 21.7. The van der Waals surface area contributed by atoms with Gasteiger partial charge in [0.2, 0.25) is 0 Å². The van der Waals surface area contributed by atoms with Gasteiger partial charge in [-0.25, -0.2) is 0 Å². The number of fused-ring (bicyclic) bond motifs is 1. The van der Waals surface area contributed by atoms with Crippen LogP contribution in [0.1, 0.15) is 57.1 Å². The van der Waals surface area contributed by atoms with Crippen LogP contribution < -0.4 is 10.1 Å². The summed E-state index contributed by atoms with van der Waals surface area (Å²) < 4.78 is 6.01. The number of rotatable bonds is 7. The highest BCUT2D eigenvalue weighted by atomic mass is 16.5. The van der Waals surface area contributed by atoms with Crippen LogP contribution in [0.15, 0.2) is 18.2 Å². The van der Waals surface area contributed by atoms with Crippen LogP contribution in [-0.2, 0) is 17.6 Å². The summed E-state index contributed by atoms with van der Waals surface area (Å²) in [6.45, 7) is 8.39. The van der Waals surface area contributed by atoms with Crippen LogP contribution in [0.5, 0.6) is 5.75 Å². The summed E-state index contributed by atoms with van der Waals surface area (Å²) in [7, 11) is 0. The molecule has 0 saturated carbocycles. The number of likely N-dealkylation sites (tertiary alicyclic amines) is 1. The number of piperidine rings is 1. The summed E-state index contributed by atoms with van der Waals surface area (Å²) in [6.07, 6.45) is 7.87. The van der Waals surface area contributed by atoms with E-state index in [1.54, 1.807) is 0 Å². The van der Waals surface area contributed by atoms with Gasteiger partial charge in [0.15, 0.2) is 6.10 Å². The molecule has 1 amide bonds. The van der Waals surface area contributed by atoms with Gasteiger partial charge >= 0.3 is 0 Å². The van der Waals surface area contributed by atoms with Crippen molar-refractivity contribution in [1.29, 1.82) is 0 Å². The van der Waals surface area contributed by atoms with E-state index in [0.29, 0.717) is 0 Å². The van der Waals surface area contributed by atoms with Crippen LogP contribution in [0.2, 0.25) is 0 Å². The van der Waals surface area contributed by atoms with E-state index in [2.05, 4.69) is 23.2 Å². The fourth-order valence-electron chi connectivity index (χ4n) is 4.25. The molecule has 4 heteroatoms. The molecule has 1 heterocycles. The average Bonchev–Trinajstić information content (AvgIpc) is 2.65. The minimum Gasteiger partial charge on any atom is -0.481 e. The van der Waals surface area contributed by atoms with E-state index in [1.807, 2.05) is 19.1 Å². The zero-order valence-corrected chi connectivity index (χ0v) is 16.4. The Labute approximate surface area is 158 Å². The van der Waals surface area contributed by atoms with Crippen molar-refractivity contribution in [3.63, 3.8) is 0 Å². The summed E-state index contributed by atoms with van der Waals surface area (Å²) in [6, 6.07) is 6.24. The molecule has 1 saturated heterocycles. The topological polar surface area (TPSA) is 41.6 Å². The van der Waals surface area contributed by atoms with Crippen LogP contribution in [0.4, 0.5) is 0 Å². The number of ether oxygens (including phenoxy) is 1. The van der Waals surface area contributed by atoms with E-state index in [-0.39, 0.29) is 5.91 Å². The van der Waals surface area contributed by atoms with Gasteiger partial charge in [0.1, 0.15) is 5.75 Å².